The Hall–Kier alpha value is -1.63. The number of carbonyl (C=O) groups is 3. The van der Waals surface area contributed by atoms with Gasteiger partial charge in [-0.05, 0) is 37.0 Å². The van der Waals surface area contributed by atoms with Gasteiger partial charge in [-0.15, -0.1) is 0 Å². The highest BCUT2D eigenvalue weighted by atomic mass is 16.6. The molecule has 7 nitrogen and oxygen atoms in total. The van der Waals surface area contributed by atoms with Gasteiger partial charge in [0, 0.05) is 6.61 Å². The number of ether oxygens (including phenoxy) is 3. The highest BCUT2D eigenvalue weighted by Crippen LogP contribution is 2.26. The van der Waals surface area contributed by atoms with Crippen molar-refractivity contribution in [3.63, 3.8) is 0 Å². The minimum Gasteiger partial charge on any atom is -0.481 e. The number of esters is 2. The van der Waals surface area contributed by atoms with Crippen LogP contribution in [0.5, 0.6) is 0 Å². The van der Waals surface area contributed by atoms with Crippen molar-refractivity contribution in [1.29, 1.82) is 0 Å². The lowest BCUT2D eigenvalue weighted by atomic mass is 9.94. The second kappa shape index (κ2) is 43.6. The first kappa shape index (κ1) is 59.4. The summed E-state index contributed by atoms with van der Waals surface area (Å²) in [4.78, 5) is 38.9. The van der Waals surface area contributed by atoms with Crippen LogP contribution in [0.25, 0.3) is 0 Å². The summed E-state index contributed by atoms with van der Waals surface area (Å²) in [5, 5.41) is 9.92. The Kier molecular flexibility index (Phi) is 42.4. The van der Waals surface area contributed by atoms with Gasteiger partial charge in [0.05, 0.1) is 26.1 Å². The highest BCUT2D eigenvalue weighted by molar-refractivity contribution is 5.90. The molecule has 0 spiro atoms. The zero-order valence-electron chi connectivity index (χ0n) is 41.6. The Morgan fingerprint density at radius 3 is 0.918 bits per heavy atom. The third kappa shape index (κ3) is 42.1. The van der Waals surface area contributed by atoms with Crippen LogP contribution in [-0.4, -0.2) is 48.4 Å². The Morgan fingerprint density at radius 1 is 0.361 bits per heavy atom. The van der Waals surface area contributed by atoms with Crippen LogP contribution in [-0.2, 0) is 28.6 Å². The van der Waals surface area contributed by atoms with Crippen LogP contribution in [0.2, 0.25) is 0 Å². The van der Waals surface area contributed by atoms with Gasteiger partial charge < -0.3 is 19.3 Å². The fraction of sp³-hybridized carbons (Fsp3) is 0.944. The molecule has 0 rings (SSSR count). The van der Waals surface area contributed by atoms with E-state index in [0.717, 1.165) is 62.7 Å². The minimum absolute atomic E-state index is 0.200. The molecule has 0 aromatic rings. The molecular weight excluding hydrogens is 761 g/mol. The van der Waals surface area contributed by atoms with Crippen molar-refractivity contribution >= 4 is 17.9 Å². The molecule has 61 heavy (non-hydrogen) atoms. The molecule has 0 aliphatic rings. The van der Waals surface area contributed by atoms with E-state index in [1.54, 1.807) is 0 Å². The molecule has 1 N–H and O–H groups in total. The van der Waals surface area contributed by atoms with Crippen LogP contribution in [0, 0.1) is 17.8 Å². The molecule has 362 valence electrons. The van der Waals surface area contributed by atoms with E-state index in [0.29, 0.717) is 12.8 Å². The normalized spacial score (nSPS) is 12.7. The first-order chi connectivity index (χ1) is 29.5. The maximum atomic E-state index is 13.6. The maximum absolute atomic E-state index is 13.6. The average Bonchev–Trinajstić information content (AvgIpc) is 3.20. The summed E-state index contributed by atoms with van der Waals surface area (Å²) in [7, 11) is 0. The van der Waals surface area contributed by atoms with Crippen molar-refractivity contribution in [2.45, 2.75) is 291 Å². The van der Waals surface area contributed by atoms with E-state index in [4.69, 9.17) is 14.2 Å². The van der Waals surface area contributed by atoms with Crippen LogP contribution in [0.3, 0.4) is 0 Å². The maximum Gasteiger partial charge on any atom is 0.339 e. The zero-order valence-corrected chi connectivity index (χ0v) is 41.6. The van der Waals surface area contributed by atoms with E-state index in [-0.39, 0.29) is 19.8 Å². The van der Waals surface area contributed by atoms with Gasteiger partial charge in [-0.25, -0.2) is 4.79 Å². The van der Waals surface area contributed by atoms with Crippen LogP contribution < -0.4 is 0 Å². The standard InChI is InChI=1S/C54H104O7/c1-48(2)40-34-28-22-16-10-7-13-19-25-31-37-43-59-52(57)47-54(46-51(55)56,61-45-39-33-27-21-15-9-12-18-24-30-36-42-50(5)6)53(58)60-44-38-32-26-20-14-8-11-17-23-29-35-41-49(3)4/h48-50H,7-47H2,1-6H3,(H,55,56). The number of carboxylic acid groups (broad SMARTS) is 1. The Bertz CT molecular complexity index is 978. The molecule has 0 saturated carbocycles. The van der Waals surface area contributed by atoms with Crippen LogP contribution >= 0.6 is 0 Å². The van der Waals surface area contributed by atoms with Crippen molar-refractivity contribution in [2.24, 2.45) is 17.8 Å². The van der Waals surface area contributed by atoms with E-state index in [9.17, 15) is 19.5 Å². The summed E-state index contributed by atoms with van der Waals surface area (Å²) in [6.45, 7) is 14.5. The Morgan fingerprint density at radius 2 is 0.623 bits per heavy atom. The summed E-state index contributed by atoms with van der Waals surface area (Å²) in [5.74, 6) is -0.105. The molecule has 0 aliphatic heterocycles. The summed E-state index contributed by atoms with van der Waals surface area (Å²) in [6, 6.07) is 0. The van der Waals surface area contributed by atoms with Crippen molar-refractivity contribution in [3.05, 3.63) is 0 Å². The monoisotopic (exact) mass is 865 g/mol. The minimum atomic E-state index is -1.87. The van der Waals surface area contributed by atoms with Crippen molar-refractivity contribution in [2.75, 3.05) is 19.8 Å². The number of rotatable bonds is 48. The fourth-order valence-electron chi connectivity index (χ4n) is 8.38. The molecule has 0 heterocycles. The molecule has 0 amide bonds. The lowest BCUT2D eigenvalue weighted by Crippen LogP contribution is -2.47. The second-order valence-corrected chi connectivity index (χ2v) is 20.2. The molecular formula is C54H104O7. The van der Waals surface area contributed by atoms with E-state index < -0.39 is 36.4 Å². The SMILES string of the molecule is CC(C)CCCCCCCCCCCCCOC(=O)CC(CC(=O)O)(OCCCCCCCCCCCCCC(C)C)C(=O)OCCCCCCCCCCCCCC(C)C. The first-order valence-corrected chi connectivity index (χ1v) is 26.7. The second-order valence-electron chi connectivity index (χ2n) is 20.2. The van der Waals surface area contributed by atoms with E-state index in [1.807, 2.05) is 0 Å². The van der Waals surface area contributed by atoms with E-state index in [1.165, 1.54) is 173 Å². The van der Waals surface area contributed by atoms with Gasteiger partial charge >= 0.3 is 17.9 Å². The molecule has 7 heteroatoms. The Balaban J connectivity index is 4.71. The van der Waals surface area contributed by atoms with E-state index >= 15 is 0 Å². The molecule has 1 atom stereocenters. The van der Waals surface area contributed by atoms with Crippen molar-refractivity contribution in [3.8, 4) is 0 Å². The summed E-state index contributed by atoms with van der Waals surface area (Å²) in [6.07, 6.45) is 42.5. The van der Waals surface area contributed by atoms with Gasteiger partial charge in [0.1, 0.15) is 0 Å². The molecule has 0 aromatic heterocycles. The molecule has 0 saturated heterocycles. The van der Waals surface area contributed by atoms with Crippen molar-refractivity contribution < 1.29 is 33.7 Å². The predicted octanol–water partition coefficient (Wildman–Crippen LogP) is 16.7. The summed E-state index contributed by atoms with van der Waals surface area (Å²) >= 11 is 0. The average molecular weight is 865 g/mol. The number of hydrogen-bond acceptors (Lipinski definition) is 6. The molecule has 0 aliphatic carbocycles. The predicted molar refractivity (Wildman–Crippen MR) is 258 cm³/mol. The number of aliphatic carboxylic acids is 1. The van der Waals surface area contributed by atoms with Gasteiger partial charge in [-0.2, -0.15) is 0 Å². The van der Waals surface area contributed by atoms with Crippen LogP contribution in [0.4, 0.5) is 0 Å². The van der Waals surface area contributed by atoms with Crippen LogP contribution in [0.15, 0.2) is 0 Å². The number of hydrogen-bond donors (Lipinski definition) is 1. The number of unbranched alkanes of at least 4 members (excludes halogenated alkanes) is 30. The number of carboxylic acids is 1. The third-order valence-electron chi connectivity index (χ3n) is 12.4. The van der Waals surface area contributed by atoms with Gasteiger partial charge in [-0.1, -0.05) is 253 Å². The first-order valence-electron chi connectivity index (χ1n) is 26.7. The third-order valence-corrected chi connectivity index (χ3v) is 12.4. The quantitative estimate of drug-likeness (QED) is 0.0480. The lowest BCUT2D eigenvalue weighted by molar-refractivity contribution is -0.185. The summed E-state index contributed by atoms with van der Waals surface area (Å²) in [5.41, 5.74) is -1.87. The largest absolute Gasteiger partial charge is 0.481 e. The smallest absolute Gasteiger partial charge is 0.339 e. The van der Waals surface area contributed by atoms with Gasteiger partial charge in [0.2, 0.25) is 0 Å². The summed E-state index contributed by atoms with van der Waals surface area (Å²) < 4.78 is 17.4. The van der Waals surface area contributed by atoms with Gasteiger partial charge in [0.15, 0.2) is 5.60 Å². The van der Waals surface area contributed by atoms with E-state index in [2.05, 4.69) is 41.5 Å². The molecule has 0 bridgehead atoms. The highest BCUT2D eigenvalue weighted by Gasteiger charge is 2.46. The number of carbonyl (C=O) groups excluding carboxylic acids is 2. The van der Waals surface area contributed by atoms with Gasteiger partial charge in [-0.3, -0.25) is 9.59 Å². The van der Waals surface area contributed by atoms with Crippen molar-refractivity contribution in [1.82, 2.24) is 0 Å². The van der Waals surface area contributed by atoms with Gasteiger partial charge in [0.25, 0.3) is 0 Å². The molecule has 0 fully saturated rings. The zero-order chi connectivity index (χ0) is 45.1. The molecule has 0 aromatic carbocycles. The fourth-order valence-corrected chi connectivity index (χ4v) is 8.38. The van der Waals surface area contributed by atoms with Crippen LogP contribution in [0.1, 0.15) is 286 Å². The topological polar surface area (TPSA) is 99.1 Å². The lowest BCUT2D eigenvalue weighted by Gasteiger charge is -2.29. The molecule has 1 unspecified atom stereocenters. The molecule has 0 radical (unpaired) electrons. The Labute approximate surface area is 379 Å².